The van der Waals surface area contributed by atoms with Gasteiger partial charge in [-0.1, -0.05) is 11.3 Å². The van der Waals surface area contributed by atoms with Crippen LogP contribution in [0.2, 0.25) is 0 Å². The molecular formula is C15H22Cl2N4O4Pt. The summed E-state index contributed by atoms with van der Waals surface area (Å²) in [6.07, 6.45) is 3.58. The van der Waals surface area contributed by atoms with E-state index < -0.39 is 16.5 Å². The van der Waals surface area contributed by atoms with Crippen molar-refractivity contribution in [2.24, 2.45) is 0 Å². The molecule has 2 rings (SSSR count). The minimum atomic E-state index is -0.472. The van der Waals surface area contributed by atoms with Crippen LogP contribution in [-0.4, -0.2) is 71.3 Å². The average Bonchev–Trinajstić information content (AvgIpc) is 3.14. The summed E-state index contributed by atoms with van der Waals surface area (Å²) in [6, 6.07) is 5.67. The molecule has 0 spiro atoms. The van der Waals surface area contributed by atoms with Crippen LogP contribution in [-0.2, 0) is 37.2 Å². The summed E-state index contributed by atoms with van der Waals surface area (Å²) in [6.45, 7) is 3.55. The van der Waals surface area contributed by atoms with Gasteiger partial charge in [0.2, 0.25) is 0 Å². The summed E-state index contributed by atoms with van der Waals surface area (Å²) < 4.78 is 17.6. The van der Waals surface area contributed by atoms with Crippen molar-refractivity contribution in [3.8, 4) is 11.4 Å². The van der Waals surface area contributed by atoms with Crippen molar-refractivity contribution in [2.75, 3.05) is 46.2 Å². The first-order valence-electron chi connectivity index (χ1n) is 7.79. The Labute approximate surface area is 169 Å². The van der Waals surface area contributed by atoms with Gasteiger partial charge in [0.05, 0.1) is 64.7 Å². The molecule has 1 N–H and O–H groups in total. The first kappa shape index (κ1) is 23.4. The molecule has 2 aromatic heterocycles. The van der Waals surface area contributed by atoms with E-state index in [1.165, 1.54) is 0 Å². The van der Waals surface area contributed by atoms with Gasteiger partial charge in [-0.05, 0) is 12.1 Å². The number of ether oxygens (including phenoxy) is 3. The molecule has 0 aliphatic rings. The quantitative estimate of drug-likeness (QED) is 0.378. The minimum absolute atomic E-state index is 0.0352. The fourth-order valence-corrected chi connectivity index (χ4v) is 1.80. The van der Waals surface area contributed by atoms with Crippen molar-refractivity contribution < 1.29 is 35.8 Å². The first-order valence-corrected chi connectivity index (χ1v) is 13.4. The number of nitrogens with zero attached hydrogens (tertiary/aromatic N) is 4. The number of rotatable bonds is 12. The zero-order chi connectivity index (χ0) is 18.9. The van der Waals surface area contributed by atoms with Gasteiger partial charge in [0.15, 0.2) is 0 Å². The number of hydrogen-bond donors (Lipinski definition) is 1. The Hall–Kier alpha value is -0.602. The molecule has 0 bridgehead atoms. The third-order valence-corrected chi connectivity index (χ3v) is 2.91. The molecule has 0 aliphatic heterocycles. The summed E-state index contributed by atoms with van der Waals surface area (Å²) in [5.41, 5.74) is 1.55. The topological polar surface area (TPSA) is 91.5 Å². The second kappa shape index (κ2) is 16.6. The van der Waals surface area contributed by atoms with E-state index in [1.54, 1.807) is 10.9 Å². The number of aliphatic hydroxyl groups is 1. The molecule has 0 fully saturated rings. The van der Waals surface area contributed by atoms with Crippen molar-refractivity contribution >= 4 is 18.8 Å². The van der Waals surface area contributed by atoms with Gasteiger partial charge in [0, 0.05) is 6.20 Å². The molecule has 0 saturated carbocycles. The Morgan fingerprint density at radius 2 is 1.62 bits per heavy atom. The van der Waals surface area contributed by atoms with Crippen LogP contribution in [0.1, 0.15) is 0 Å². The van der Waals surface area contributed by atoms with Crippen molar-refractivity contribution in [1.29, 1.82) is 0 Å². The van der Waals surface area contributed by atoms with Crippen molar-refractivity contribution in [2.45, 2.75) is 6.54 Å². The maximum atomic E-state index is 8.53. The van der Waals surface area contributed by atoms with Crippen LogP contribution in [0.15, 0.2) is 30.6 Å². The van der Waals surface area contributed by atoms with Gasteiger partial charge < -0.3 is 19.3 Å². The summed E-state index contributed by atoms with van der Waals surface area (Å²) in [4.78, 5) is 4.23. The Morgan fingerprint density at radius 3 is 2.23 bits per heavy atom. The molecule has 0 atom stereocenters. The summed E-state index contributed by atoms with van der Waals surface area (Å²) in [7, 11) is 9.75. The first-order chi connectivity index (χ1) is 12.8. The summed E-state index contributed by atoms with van der Waals surface area (Å²) >= 11 is -0.472. The Kier molecular flexibility index (Phi) is 14.9. The second-order valence-electron chi connectivity index (χ2n) is 4.69. The fourth-order valence-electron chi connectivity index (χ4n) is 1.80. The number of aliphatic hydroxyl groups excluding tert-OH is 1. The standard InChI is InChI=1S/C15H22N4O4.2ClH.Pt/c20-6-8-22-10-12-23-11-9-21-7-5-19-13-15(17-18-19)14-3-1-2-4-16-14;;;/h1-4,13,20H,5-12H2;2*1H;/q;;;+2/p-2. The fraction of sp³-hybridized carbons (Fsp3) is 0.533. The molecule has 8 nitrogen and oxygen atoms in total. The third kappa shape index (κ3) is 11.2. The van der Waals surface area contributed by atoms with Crippen LogP contribution in [0.25, 0.3) is 11.4 Å². The average molecular weight is 588 g/mol. The zero-order valence-electron chi connectivity index (χ0n) is 14.1. The number of pyridine rings is 1. The number of hydrogen-bond acceptors (Lipinski definition) is 7. The van der Waals surface area contributed by atoms with Crippen LogP contribution >= 0.6 is 18.8 Å². The second-order valence-corrected chi connectivity index (χ2v) is 7.97. The van der Waals surface area contributed by atoms with E-state index in [2.05, 4.69) is 15.3 Å². The van der Waals surface area contributed by atoms with Gasteiger partial charge in [-0.15, -0.1) is 5.10 Å². The van der Waals surface area contributed by atoms with Gasteiger partial charge in [0.1, 0.15) is 5.69 Å². The summed E-state index contributed by atoms with van der Waals surface area (Å²) in [5, 5.41) is 16.7. The molecule has 0 aromatic carbocycles. The van der Waals surface area contributed by atoms with Gasteiger partial charge in [-0.25, -0.2) is 4.68 Å². The van der Waals surface area contributed by atoms with Crippen LogP contribution < -0.4 is 0 Å². The monoisotopic (exact) mass is 587 g/mol. The SMILES string of the molecule is OCCOCCOCCOCCn1cc(-c2ccccn2)nn1.[Cl][Pt][Cl]. The maximum absolute atomic E-state index is 8.53. The van der Waals surface area contributed by atoms with Crippen molar-refractivity contribution in [3.05, 3.63) is 30.6 Å². The van der Waals surface area contributed by atoms with Gasteiger partial charge in [-0.2, -0.15) is 0 Å². The van der Waals surface area contributed by atoms with Gasteiger partial charge in [-0.3, -0.25) is 4.98 Å². The summed E-state index contributed by atoms with van der Waals surface area (Å²) in [5.74, 6) is 0. The van der Waals surface area contributed by atoms with E-state index in [-0.39, 0.29) is 6.61 Å². The van der Waals surface area contributed by atoms with E-state index in [4.69, 9.17) is 38.2 Å². The number of halogens is 2. The molecule has 2 heterocycles. The normalized spacial score (nSPS) is 10.6. The molecule has 0 radical (unpaired) electrons. The molecule has 2 aromatic rings. The van der Waals surface area contributed by atoms with E-state index in [1.807, 2.05) is 24.4 Å². The van der Waals surface area contributed by atoms with Crippen LogP contribution in [0.4, 0.5) is 0 Å². The van der Waals surface area contributed by atoms with Crippen molar-refractivity contribution in [1.82, 2.24) is 20.0 Å². The van der Waals surface area contributed by atoms with E-state index in [0.29, 0.717) is 46.2 Å². The van der Waals surface area contributed by atoms with Crippen molar-refractivity contribution in [3.63, 3.8) is 0 Å². The Bertz CT molecular complexity index is 566. The van der Waals surface area contributed by atoms with Gasteiger partial charge >= 0.3 is 35.3 Å². The molecule has 26 heavy (non-hydrogen) atoms. The predicted molar refractivity (Wildman–Crippen MR) is 94.5 cm³/mol. The van der Waals surface area contributed by atoms with E-state index >= 15 is 0 Å². The molecular weight excluding hydrogens is 566 g/mol. The Morgan fingerprint density at radius 1 is 0.962 bits per heavy atom. The molecule has 150 valence electrons. The van der Waals surface area contributed by atoms with E-state index in [9.17, 15) is 0 Å². The molecule has 0 aliphatic carbocycles. The molecule has 11 heteroatoms. The zero-order valence-corrected chi connectivity index (χ0v) is 17.9. The predicted octanol–water partition coefficient (Wildman–Crippen LogP) is 1.76. The molecule has 0 unspecified atom stereocenters. The van der Waals surface area contributed by atoms with Crippen LogP contribution in [0.3, 0.4) is 0 Å². The third-order valence-electron chi connectivity index (χ3n) is 2.91. The number of aromatic nitrogens is 4. The van der Waals surface area contributed by atoms with Crippen LogP contribution in [0, 0.1) is 0 Å². The Balaban J connectivity index is 0.00000105. The van der Waals surface area contributed by atoms with Crippen LogP contribution in [0.5, 0.6) is 0 Å². The molecule has 0 saturated heterocycles. The van der Waals surface area contributed by atoms with Gasteiger partial charge in [0.25, 0.3) is 0 Å². The van der Waals surface area contributed by atoms with E-state index in [0.717, 1.165) is 11.4 Å². The molecule has 0 amide bonds.